The van der Waals surface area contributed by atoms with Gasteiger partial charge in [0.15, 0.2) is 0 Å². The molecule has 0 saturated heterocycles. The largest absolute Gasteiger partial charge is 0.462 e. The zero-order valence-electron chi connectivity index (χ0n) is 10.3. The first-order valence-electron chi connectivity index (χ1n) is 5.43. The molecule has 4 nitrogen and oxygen atoms in total. The molecule has 90 valence electrons. The molecule has 0 fully saturated rings. The van der Waals surface area contributed by atoms with Crippen molar-refractivity contribution in [1.82, 2.24) is 0 Å². The maximum absolute atomic E-state index is 11.4. The Kier molecular flexibility index (Phi) is 4.53. The topological polar surface area (TPSA) is 53.3 Å². The summed E-state index contributed by atoms with van der Waals surface area (Å²) in [4.78, 5) is 13.2. The third-order valence-electron chi connectivity index (χ3n) is 2.17. The molecule has 0 spiro atoms. The molecule has 0 unspecified atom stereocenters. The number of esters is 1. The fourth-order valence-corrected chi connectivity index (χ4v) is 1.38. The number of rotatable bonds is 4. The van der Waals surface area contributed by atoms with E-state index in [1.807, 2.05) is 27.0 Å². The first-order valence-corrected chi connectivity index (χ1v) is 5.43. The van der Waals surface area contributed by atoms with Crippen molar-refractivity contribution < 1.29 is 9.53 Å². The summed E-state index contributed by atoms with van der Waals surface area (Å²) < 4.78 is 5.05. The molecule has 0 aliphatic carbocycles. The molecule has 0 amide bonds. The predicted molar refractivity (Wildman–Crippen MR) is 65.7 cm³/mol. The van der Waals surface area contributed by atoms with Crippen molar-refractivity contribution in [3.63, 3.8) is 0 Å². The van der Waals surface area contributed by atoms with Crippen molar-refractivity contribution in [3.8, 4) is 6.07 Å². The molecule has 1 aromatic rings. The molecule has 0 aromatic heterocycles. The average molecular weight is 232 g/mol. The summed E-state index contributed by atoms with van der Waals surface area (Å²) in [6.45, 7) is 3.84. The number of ether oxygens (including phenoxy) is 1. The highest BCUT2D eigenvalue weighted by Gasteiger charge is 2.09. The fourth-order valence-electron chi connectivity index (χ4n) is 1.38. The van der Waals surface area contributed by atoms with Gasteiger partial charge in [-0.05, 0) is 38.1 Å². The van der Waals surface area contributed by atoms with E-state index in [-0.39, 0.29) is 18.6 Å². The van der Waals surface area contributed by atoms with Gasteiger partial charge in [0.1, 0.15) is 6.54 Å². The van der Waals surface area contributed by atoms with Gasteiger partial charge in [-0.1, -0.05) is 0 Å². The van der Waals surface area contributed by atoms with Gasteiger partial charge < -0.3 is 9.64 Å². The van der Waals surface area contributed by atoms with Crippen molar-refractivity contribution in [2.24, 2.45) is 0 Å². The van der Waals surface area contributed by atoms with Gasteiger partial charge >= 0.3 is 5.97 Å². The van der Waals surface area contributed by atoms with E-state index in [0.29, 0.717) is 5.56 Å². The zero-order valence-corrected chi connectivity index (χ0v) is 10.3. The number of likely N-dealkylation sites (N-methyl/N-ethyl adjacent to an activating group) is 1. The molecule has 17 heavy (non-hydrogen) atoms. The molecule has 0 heterocycles. The number of nitrogens with zero attached hydrogens (tertiary/aromatic N) is 2. The lowest BCUT2D eigenvalue weighted by atomic mass is 10.2. The molecule has 1 aromatic carbocycles. The van der Waals surface area contributed by atoms with Gasteiger partial charge in [-0.3, -0.25) is 4.79 Å². The van der Waals surface area contributed by atoms with E-state index < -0.39 is 0 Å². The monoisotopic (exact) mass is 232 g/mol. The van der Waals surface area contributed by atoms with E-state index in [1.54, 1.807) is 29.2 Å². The second kappa shape index (κ2) is 5.90. The average Bonchev–Trinajstić information content (AvgIpc) is 2.28. The van der Waals surface area contributed by atoms with Gasteiger partial charge in [0.2, 0.25) is 0 Å². The van der Waals surface area contributed by atoms with Crippen LogP contribution in [0.1, 0.15) is 19.4 Å². The maximum atomic E-state index is 11.4. The van der Waals surface area contributed by atoms with Crippen LogP contribution < -0.4 is 4.90 Å². The third kappa shape index (κ3) is 4.15. The number of anilines is 1. The van der Waals surface area contributed by atoms with E-state index in [0.717, 1.165) is 5.69 Å². The number of benzene rings is 1. The van der Waals surface area contributed by atoms with Gasteiger partial charge in [0.25, 0.3) is 0 Å². The second-order valence-electron chi connectivity index (χ2n) is 4.05. The Labute approximate surface area is 101 Å². The Balaban J connectivity index is 2.60. The lowest BCUT2D eigenvalue weighted by Gasteiger charge is -2.19. The Morgan fingerprint density at radius 1 is 1.41 bits per heavy atom. The Morgan fingerprint density at radius 3 is 2.47 bits per heavy atom. The van der Waals surface area contributed by atoms with Crippen molar-refractivity contribution in [3.05, 3.63) is 29.8 Å². The highest BCUT2D eigenvalue weighted by molar-refractivity contribution is 5.75. The molecule has 0 aliphatic rings. The van der Waals surface area contributed by atoms with Gasteiger partial charge in [0.05, 0.1) is 17.7 Å². The highest BCUT2D eigenvalue weighted by atomic mass is 16.5. The van der Waals surface area contributed by atoms with Crippen LogP contribution in [0.3, 0.4) is 0 Å². The summed E-state index contributed by atoms with van der Waals surface area (Å²) >= 11 is 0. The van der Waals surface area contributed by atoms with Crippen molar-refractivity contribution >= 4 is 11.7 Å². The van der Waals surface area contributed by atoms with Crippen molar-refractivity contribution in [2.75, 3.05) is 18.5 Å². The van der Waals surface area contributed by atoms with E-state index in [4.69, 9.17) is 10.00 Å². The van der Waals surface area contributed by atoms with Crippen LogP contribution in [0.5, 0.6) is 0 Å². The van der Waals surface area contributed by atoms with Crippen LogP contribution >= 0.6 is 0 Å². The minimum atomic E-state index is -0.258. The molecule has 1 rings (SSSR count). The van der Waals surface area contributed by atoms with Crippen LogP contribution in [-0.2, 0) is 9.53 Å². The van der Waals surface area contributed by atoms with Crippen molar-refractivity contribution in [2.45, 2.75) is 20.0 Å². The third-order valence-corrected chi connectivity index (χ3v) is 2.17. The van der Waals surface area contributed by atoms with Crippen LogP contribution in [0.25, 0.3) is 0 Å². The molecule has 0 aliphatic heterocycles. The summed E-state index contributed by atoms with van der Waals surface area (Å²) in [7, 11) is 1.81. The Morgan fingerprint density at radius 2 is 2.00 bits per heavy atom. The summed E-state index contributed by atoms with van der Waals surface area (Å²) in [5, 5.41) is 8.67. The molecular weight excluding hydrogens is 216 g/mol. The Bertz CT molecular complexity index is 418. The molecular formula is C13H16N2O2. The standard InChI is InChI=1S/C13H16N2O2/c1-10(2)17-13(16)9-15(3)12-6-4-11(8-14)5-7-12/h4-7,10H,9H2,1-3H3. The lowest BCUT2D eigenvalue weighted by molar-refractivity contribution is -0.145. The van der Waals surface area contributed by atoms with E-state index >= 15 is 0 Å². The van der Waals surface area contributed by atoms with Gasteiger partial charge in [-0.15, -0.1) is 0 Å². The maximum Gasteiger partial charge on any atom is 0.325 e. The van der Waals surface area contributed by atoms with Crippen LogP contribution in [0.2, 0.25) is 0 Å². The smallest absolute Gasteiger partial charge is 0.325 e. The van der Waals surface area contributed by atoms with Gasteiger partial charge in [-0.2, -0.15) is 5.26 Å². The predicted octanol–water partition coefficient (Wildman–Crippen LogP) is 1.95. The minimum absolute atomic E-state index is 0.100. The summed E-state index contributed by atoms with van der Waals surface area (Å²) in [6, 6.07) is 9.11. The minimum Gasteiger partial charge on any atom is -0.462 e. The molecule has 4 heteroatoms. The van der Waals surface area contributed by atoms with Gasteiger partial charge in [0, 0.05) is 12.7 Å². The fraction of sp³-hybridized carbons (Fsp3) is 0.385. The van der Waals surface area contributed by atoms with Crippen LogP contribution in [-0.4, -0.2) is 25.7 Å². The summed E-state index contributed by atoms with van der Waals surface area (Å²) in [5.74, 6) is -0.258. The van der Waals surface area contributed by atoms with Crippen molar-refractivity contribution in [1.29, 1.82) is 5.26 Å². The quantitative estimate of drug-likeness (QED) is 0.744. The number of carbonyl (C=O) groups excluding carboxylic acids is 1. The SMILES string of the molecule is CC(C)OC(=O)CN(C)c1ccc(C#N)cc1. The summed E-state index contributed by atoms with van der Waals surface area (Å²) in [5.41, 5.74) is 1.48. The Hall–Kier alpha value is -2.02. The molecule has 0 saturated carbocycles. The highest BCUT2D eigenvalue weighted by Crippen LogP contribution is 2.13. The molecule has 0 N–H and O–H groups in total. The van der Waals surface area contributed by atoms with E-state index in [1.165, 1.54) is 0 Å². The summed E-state index contributed by atoms with van der Waals surface area (Å²) in [6.07, 6.45) is -0.100. The number of hydrogen-bond donors (Lipinski definition) is 0. The van der Waals surface area contributed by atoms with Gasteiger partial charge in [-0.25, -0.2) is 0 Å². The number of carbonyl (C=O) groups is 1. The van der Waals surface area contributed by atoms with Crippen LogP contribution in [0, 0.1) is 11.3 Å². The molecule has 0 atom stereocenters. The van der Waals surface area contributed by atoms with Crippen LogP contribution in [0.4, 0.5) is 5.69 Å². The van der Waals surface area contributed by atoms with Crippen LogP contribution in [0.15, 0.2) is 24.3 Å². The second-order valence-corrected chi connectivity index (χ2v) is 4.05. The first-order chi connectivity index (χ1) is 8.02. The molecule has 0 bridgehead atoms. The zero-order chi connectivity index (χ0) is 12.8. The number of nitriles is 1. The molecule has 0 radical (unpaired) electrons. The lowest BCUT2D eigenvalue weighted by Crippen LogP contribution is -2.28. The normalized spacial score (nSPS) is 9.82. The number of hydrogen-bond acceptors (Lipinski definition) is 4. The first kappa shape index (κ1) is 13.0. The van der Waals surface area contributed by atoms with E-state index in [2.05, 4.69) is 0 Å². The van der Waals surface area contributed by atoms with E-state index in [9.17, 15) is 4.79 Å².